The number of hydrogen-bond donors (Lipinski definition) is 0. The molecule has 0 fully saturated rings. The van der Waals surface area contributed by atoms with Crippen LogP contribution in [-0.4, -0.2) is 29.2 Å². The third kappa shape index (κ3) is 4.17. The van der Waals surface area contributed by atoms with E-state index in [1.54, 1.807) is 23.6 Å². The topological polar surface area (TPSA) is 83.6 Å². The first-order valence-corrected chi connectivity index (χ1v) is 10.6. The Morgan fingerprint density at radius 3 is 2.48 bits per heavy atom. The summed E-state index contributed by atoms with van der Waals surface area (Å²) in [6.45, 7) is 3.90. The van der Waals surface area contributed by atoms with Crippen molar-refractivity contribution in [1.82, 2.24) is 4.57 Å². The maximum absolute atomic E-state index is 13.3. The molecule has 4 aromatic rings. The second-order valence-corrected chi connectivity index (χ2v) is 7.68. The van der Waals surface area contributed by atoms with E-state index in [1.165, 1.54) is 13.2 Å². The maximum atomic E-state index is 13.3. The summed E-state index contributed by atoms with van der Waals surface area (Å²) < 4.78 is 12.3. The quantitative estimate of drug-likeness (QED) is 0.210. The van der Waals surface area contributed by atoms with Crippen molar-refractivity contribution in [2.45, 2.75) is 20.3 Å². The van der Waals surface area contributed by atoms with Gasteiger partial charge in [-0.3, -0.25) is 14.7 Å². The van der Waals surface area contributed by atoms with Crippen LogP contribution in [0, 0.1) is 17.0 Å². The molecule has 0 unspecified atom stereocenters. The Kier molecular flexibility index (Phi) is 6.13. The molecule has 1 heterocycles. The van der Waals surface area contributed by atoms with E-state index in [2.05, 4.69) is 0 Å². The van der Waals surface area contributed by atoms with Gasteiger partial charge in [0.1, 0.15) is 17.1 Å². The first-order valence-electron chi connectivity index (χ1n) is 10.6. The molecular formula is C26H24N2O5. The Morgan fingerprint density at radius 2 is 1.82 bits per heavy atom. The van der Waals surface area contributed by atoms with Crippen LogP contribution in [0.15, 0.2) is 66.7 Å². The Hall–Kier alpha value is -4.13. The minimum absolute atomic E-state index is 0.163. The lowest BCUT2D eigenvalue weighted by molar-refractivity contribution is -0.384. The molecule has 0 saturated heterocycles. The number of nitrogens with zero attached hydrogens (tertiary/aromatic N) is 2. The maximum Gasteiger partial charge on any atom is 0.355 e. The van der Waals surface area contributed by atoms with Gasteiger partial charge in [-0.2, -0.15) is 0 Å². The largest absolute Gasteiger partial charge is 0.496 e. The zero-order valence-corrected chi connectivity index (χ0v) is 18.7. The molecule has 0 radical (unpaired) electrons. The second kappa shape index (κ2) is 9.16. The van der Waals surface area contributed by atoms with Crippen molar-refractivity contribution in [2.24, 2.45) is 0 Å². The number of aryl methyl sites for hydroxylation is 1. The number of aromatic nitrogens is 1. The van der Waals surface area contributed by atoms with Crippen LogP contribution >= 0.6 is 0 Å². The molecule has 168 valence electrons. The molecule has 33 heavy (non-hydrogen) atoms. The predicted octanol–water partition coefficient (Wildman–Crippen LogP) is 5.62. The van der Waals surface area contributed by atoms with Gasteiger partial charge in [-0.1, -0.05) is 42.0 Å². The number of ether oxygens (including phenoxy) is 2. The summed E-state index contributed by atoms with van der Waals surface area (Å²) in [4.78, 5) is 24.8. The number of nitro benzene ring substituents is 1. The van der Waals surface area contributed by atoms with Crippen molar-refractivity contribution in [3.8, 4) is 11.4 Å². The Balaban J connectivity index is 2.09. The molecule has 0 saturated carbocycles. The Bertz CT molecular complexity index is 1340. The van der Waals surface area contributed by atoms with Crippen LogP contribution in [0.4, 0.5) is 5.69 Å². The standard InChI is InChI=1S/C26H24N2O5/c1-4-33-26(29)25-21(15-18-8-6-5-7-9-18)20-14-17(2)10-12-22(20)27(25)23-13-11-19(32-3)16-24(23)28(30)31/h5-14,16H,4,15H2,1-3H3. The average molecular weight is 444 g/mol. The van der Waals surface area contributed by atoms with E-state index in [4.69, 9.17) is 9.47 Å². The number of fused-ring (bicyclic) bond motifs is 1. The summed E-state index contributed by atoms with van der Waals surface area (Å²) >= 11 is 0. The van der Waals surface area contributed by atoms with Gasteiger partial charge in [0.05, 0.1) is 30.2 Å². The zero-order chi connectivity index (χ0) is 23.5. The minimum Gasteiger partial charge on any atom is -0.496 e. The molecule has 0 aliphatic rings. The van der Waals surface area contributed by atoms with Crippen LogP contribution in [0.25, 0.3) is 16.6 Å². The van der Waals surface area contributed by atoms with Crippen molar-refractivity contribution in [3.05, 3.63) is 99.2 Å². The lowest BCUT2D eigenvalue weighted by atomic mass is 10.0. The third-order valence-electron chi connectivity index (χ3n) is 5.54. The van der Waals surface area contributed by atoms with Crippen molar-refractivity contribution in [2.75, 3.05) is 13.7 Å². The van der Waals surface area contributed by atoms with E-state index in [-0.39, 0.29) is 23.7 Å². The molecule has 0 spiro atoms. The number of carbonyl (C=O) groups is 1. The Morgan fingerprint density at radius 1 is 1.06 bits per heavy atom. The highest BCUT2D eigenvalue weighted by Crippen LogP contribution is 2.37. The van der Waals surface area contributed by atoms with Crippen LogP contribution in [0.3, 0.4) is 0 Å². The molecule has 0 aliphatic heterocycles. The van der Waals surface area contributed by atoms with E-state index >= 15 is 0 Å². The van der Waals surface area contributed by atoms with Gasteiger partial charge in [-0.05, 0) is 49.2 Å². The van der Waals surface area contributed by atoms with E-state index in [0.29, 0.717) is 17.7 Å². The van der Waals surface area contributed by atoms with Crippen LogP contribution in [0.2, 0.25) is 0 Å². The average Bonchev–Trinajstić information content (AvgIpc) is 3.12. The predicted molar refractivity (Wildman–Crippen MR) is 126 cm³/mol. The van der Waals surface area contributed by atoms with Gasteiger partial charge in [0, 0.05) is 11.8 Å². The van der Waals surface area contributed by atoms with Crippen molar-refractivity contribution in [3.63, 3.8) is 0 Å². The number of nitro groups is 1. The minimum atomic E-state index is -0.526. The first kappa shape index (κ1) is 22.1. The summed E-state index contributed by atoms with van der Waals surface area (Å²) in [6.07, 6.45) is 0.478. The molecule has 7 heteroatoms. The second-order valence-electron chi connectivity index (χ2n) is 7.68. The highest BCUT2D eigenvalue weighted by Gasteiger charge is 2.29. The molecular weight excluding hydrogens is 420 g/mol. The zero-order valence-electron chi connectivity index (χ0n) is 18.7. The van der Waals surface area contributed by atoms with Crippen molar-refractivity contribution >= 4 is 22.6 Å². The summed E-state index contributed by atoms with van der Waals surface area (Å²) in [7, 11) is 1.45. The van der Waals surface area contributed by atoms with E-state index in [0.717, 1.165) is 22.1 Å². The van der Waals surface area contributed by atoms with Gasteiger partial charge in [0.2, 0.25) is 0 Å². The van der Waals surface area contributed by atoms with E-state index in [9.17, 15) is 14.9 Å². The summed E-state index contributed by atoms with van der Waals surface area (Å²) in [5.74, 6) is -0.164. The summed E-state index contributed by atoms with van der Waals surface area (Å²) in [5.41, 5.74) is 3.91. The van der Waals surface area contributed by atoms with Gasteiger partial charge < -0.3 is 9.47 Å². The number of carbonyl (C=O) groups excluding carboxylic acids is 1. The third-order valence-corrected chi connectivity index (χ3v) is 5.54. The molecule has 0 amide bonds. The lowest BCUT2D eigenvalue weighted by Crippen LogP contribution is -2.14. The van der Waals surface area contributed by atoms with E-state index in [1.807, 2.05) is 55.5 Å². The van der Waals surface area contributed by atoms with Gasteiger partial charge in [-0.15, -0.1) is 0 Å². The van der Waals surface area contributed by atoms with E-state index < -0.39 is 10.9 Å². The lowest BCUT2D eigenvalue weighted by Gasteiger charge is -2.13. The van der Waals surface area contributed by atoms with Crippen LogP contribution in [0.1, 0.15) is 34.1 Å². The number of rotatable bonds is 7. The van der Waals surface area contributed by atoms with Crippen LogP contribution < -0.4 is 4.74 Å². The van der Waals surface area contributed by atoms with Crippen LogP contribution in [-0.2, 0) is 11.2 Å². The first-order chi connectivity index (χ1) is 15.9. The highest BCUT2D eigenvalue weighted by atomic mass is 16.6. The molecule has 1 aromatic heterocycles. The van der Waals surface area contributed by atoms with Gasteiger partial charge in [-0.25, -0.2) is 4.79 Å². The SMILES string of the molecule is CCOC(=O)c1c(Cc2ccccc2)c2cc(C)ccc2n1-c1ccc(OC)cc1[N+](=O)[O-]. The summed E-state index contributed by atoms with van der Waals surface area (Å²) in [5, 5.41) is 12.8. The molecule has 0 atom stereocenters. The molecule has 3 aromatic carbocycles. The molecule has 0 bridgehead atoms. The Labute approximate surface area is 191 Å². The fourth-order valence-corrected chi connectivity index (χ4v) is 4.08. The number of esters is 1. The van der Waals surface area contributed by atoms with Crippen molar-refractivity contribution < 1.29 is 19.2 Å². The molecule has 0 N–H and O–H groups in total. The highest BCUT2D eigenvalue weighted by molar-refractivity contribution is 6.01. The molecule has 4 rings (SSSR count). The fourth-order valence-electron chi connectivity index (χ4n) is 4.08. The number of hydrogen-bond acceptors (Lipinski definition) is 5. The number of benzene rings is 3. The molecule has 7 nitrogen and oxygen atoms in total. The van der Waals surface area contributed by atoms with Gasteiger partial charge >= 0.3 is 5.97 Å². The normalized spacial score (nSPS) is 10.9. The smallest absolute Gasteiger partial charge is 0.355 e. The van der Waals surface area contributed by atoms with Crippen LogP contribution in [0.5, 0.6) is 5.75 Å². The van der Waals surface area contributed by atoms with Gasteiger partial charge in [0.15, 0.2) is 0 Å². The fraction of sp³-hybridized carbons (Fsp3) is 0.192. The molecule has 0 aliphatic carbocycles. The monoisotopic (exact) mass is 444 g/mol. The van der Waals surface area contributed by atoms with Crippen molar-refractivity contribution in [1.29, 1.82) is 0 Å². The summed E-state index contributed by atoms with van der Waals surface area (Å²) in [6, 6.07) is 20.2. The van der Waals surface area contributed by atoms with Gasteiger partial charge in [0.25, 0.3) is 5.69 Å². The number of methoxy groups -OCH3 is 1.